The number of hydrogen-bond donors (Lipinski definition) is 1. The van der Waals surface area contributed by atoms with Gasteiger partial charge in [-0.25, -0.2) is 4.79 Å². The molecule has 0 saturated heterocycles. The van der Waals surface area contributed by atoms with E-state index in [0.717, 1.165) is 11.8 Å². The van der Waals surface area contributed by atoms with E-state index in [9.17, 15) is 9.90 Å². The van der Waals surface area contributed by atoms with Gasteiger partial charge in [-0.2, -0.15) is 0 Å². The second kappa shape index (κ2) is 3.77. The highest BCUT2D eigenvalue weighted by atomic mass is 16.4. The number of aromatic hydroxyl groups is 1. The normalized spacial score (nSPS) is 10.7. The average Bonchev–Trinajstić information content (AvgIpc) is 2.20. The molecular weight excluding hydrogens is 192 g/mol. The Morgan fingerprint density at radius 3 is 2.87 bits per heavy atom. The van der Waals surface area contributed by atoms with Crippen LogP contribution >= 0.6 is 0 Å². The molecule has 0 saturated carbocycles. The first-order valence-electron chi connectivity index (χ1n) is 4.96. The maximum absolute atomic E-state index is 11.5. The third-order valence-corrected chi connectivity index (χ3v) is 2.31. The molecule has 0 aliphatic carbocycles. The summed E-state index contributed by atoms with van der Waals surface area (Å²) in [5, 5.41) is 10.1. The van der Waals surface area contributed by atoms with Gasteiger partial charge in [-0.3, -0.25) is 0 Å². The highest BCUT2D eigenvalue weighted by Gasteiger charge is 2.04. The fourth-order valence-electron chi connectivity index (χ4n) is 1.60. The lowest BCUT2D eigenvalue weighted by Crippen LogP contribution is -2.06. The van der Waals surface area contributed by atoms with Gasteiger partial charge in [0, 0.05) is 10.9 Å². The first-order chi connectivity index (χ1) is 7.20. The SMILES string of the molecule is CCCc1cc2cc(O)ccc2oc1=O. The Bertz CT molecular complexity index is 540. The highest BCUT2D eigenvalue weighted by Crippen LogP contribution is 2.19. The monoisotopic (exact) mass is 204 g/mol. The Balaban J connectivity index is 2.66. The van der Waals surface area contributed by atoms with Gasteiger partial charge < -0.3 is 9.52 Å². The minimum atomic E-state index is -0.282. The third-order valence-electron chi connectivity index (χ3n) is 2.31. The molecule has 1 heterocycles. The van der Waals surface area contributed by atoms with Crippen LogP contribution < -0.4 is 5.63 Å². The summed E-state index contributed by atoms with van der Waals surface area (Å²) in [5.41, 5.74) is 0.892. The first kappa shape index (κ1) is 9.77. The molecule has 0 unspecified atom stereocenters. The van der Waals surface area contributed by atoms with E-state index in [2.05, 4.69) is 0 Å². The molecule has 0 atom stereocenters. The summed E-state index contributed by atoms with van der Waals surface area (Å²) >= 11 is 0. The molecule has 1 aromatic carbocycles. The minimum Gasteiger partial charge on any atom is -0.508 e. The molecule has 78 valence electrons. The molecule has 1 aromatic heterocycles. The second-order valence-electron chi connectivity index (χ2n) is 3.53. The van der Waals surface area contributed by atoms with E-state index < -0.39 is 0 Å². The molecule has 0 aliphatic rings. The van der Waals surface area contributed by atoms with Crippen LogP contribution in [0.3, 0.4) is 0 Å². The van der Waals surface area contributed by atoms with E-state index in [1.54, 1.807) is 18.2 Å². The van der Waals surface area contributed by atoms with Crippen molar-refractivity contribution in [1.29, 1.82) is 0 Å². The summed E-state index contributed by atoms with van der Waals surface area (Å²) in [7, 11) is 0. The molecular formula is C12H12O3. The van der Waals surface area contributed by atoms with E-state index in [4.69, 9.17) is 4.42 Å². The molecule has 0 amide bonds. The van der Waals surface area contributed by atoms with Crippen LogP contribution in [-0.2, 0) is 6.42 Å². The smallest absolute Gasteiger partial charge is 0.339 e. The van der Waals surface area contributed by atoms with Crippen molar-refractivity contribution < 1.29 is 9.52 Å². The van der Waals surface area contributed by atoms with E-state index in [1.165, 1.54) is 6.07 Å². The maximum Gasteiger partial charge on any atom is 0.339 e. The van der Waals surface area contributed by atoms with Crippen LogP contribution in [0.4, 0.5) is 0 Å². The van der Waals surface area contributed by atoms with Crippen LogP contribution in [0.2, 0.25) is 0 Å². The Morgan fingerprint density at radius 1 is 1.33 bits per heavy atom. The van der Waals surface area contributed by atoms with Gasteiger partial charge >= 0.3 is 5.63 Å². The van der Waals surface area contributed by atoms with Crippen LogP contribution in [0.15, 0.2) is 33.5 Å². The Labute approximate surface area is 87.0 Å². The number of phenolic OH excluding ortho intramolecular Hbond substituents is 1. The lowest BCUT2D eigenvalue weighted by Gasteiger charge is -2.00. The summed E-state index contributed by atoms with van der Waals surface area (Å²) in [6.07, 6.45) is 1.60. The van der Waals surface area contributed by atoms with Gasteiger partial charge in [0.25, 0.3) is 0 Å². The first-order valence-corrected chi connectivity index (χ1v) is 4.96. The molecule has 0 spiro atoms. The Morgan fingerprint density at radius 2 is 2.13 bits per heavy atom. The van der Waals surface area contributed by atoms with Crippen molar-refractivity contribution in [1.82, 2.24) is 0 Å². The Hall–Kier alpha value is -1.77. The van der Waals surface area contributed by atoms with Crippen LogP contribution in [0.1, 0.15) is 18.9 Å². The summed E-state index contributed by atoms with van der Waals surface area (Å²) in [4.78, 5) is 11.5. The van der Waals surface area contributed by atoms with Crippen molar-refractivity contribution in [2.24, 2.45) is 0 Å². The van der Waals surface area contributed by atoms with Gasteiger partial charge in [0.1, 0.15) is 11.3 Å². The van der Waals surface area contributed by atoms with Crippen molar-refractivity contribution in [3.05, 3.63) is 40.2 Å². The number of rotatable bonds is 2. The number of aryl methyl sites for hydroxylation is 1. The molecule has 0 fully saturated rings. The molecule has 3 heteroatoms. The van der Waals surface area contributed by atoms with Crippen LogP contribution in [0.5, 0.6) is 5.75 Å². The molecule has 3 nitrogen and oxygen atoms in total. The minimum absolute atomic E-state index is 0.179. The molecule has 2 rings (SSSR count). The van der Waals surface area contributed by atoms with Gasteiger partial charge in [0.15, 0.2) is 0 Å². The van der Waals surface area contributed by atoms with E-state index in [1.807, 2.05) is 6.92 Å². The van der Waals surface area contributed by atoms with E-state index >= 15 is 0 Å². The zero-order chi connectivity index (χ0) is 10.8. The third kappa shape index (κ3) is 1.86. The second-order valence-corrected chi connectivity index (χ2v) is 3.53. The summed E-state index contributed by atoms with van der Waals surface area (Å²) in [6, 6.07) is 6.48. The quantitative estimate of drug-likeness (QED) is 0.764. The topological polar surface area (TPSA) is 50.4 Å². The van der Waals surface area contributed by atoms with Crippen molar-refractivity contribution in [3.63, 3.8) is 0 Å². The lowest BCUT2D eigenvalue weighted by atomic mass is 10.1. The van der Waals surface area contributed by atoms with Gasteiger partial charge in [0.2, 0.25) is 0 Å². The lowest BCUT2D eigenvalue weighted by molar-refractivity contribution is 0.475. The zero-order valence-electron chi connectivity index (χ0n) is 8.49. The fourth-order valence-corrected chi connectivity index (χ4v) is 1.60. The predicted octanol–water partition coefficient (Wildman–Crippen LogP) is 2.45. The van der Waals surface area contributed by atoms with Gasteiger partial charge in [-0.05, 0) is 30.7 Å². The summed E-state index contributed by atoms with van der Waals surface area (Å²) in [5.74, 6) is 0.179. The van der Waals surface area contributed by atoms with Crippen molar-refractivity contribution >= 4 is 11.0 Å². The van der Waals surface area contributed by atoms with Crippen LogP contribution in [0, 0.1) is 0 Å². The largest absolute Gasteiger partial charge is 0.508 e. The molecule has 0 bridgehead atoms. The number of hydrogen-bond acceptors (Lipinski definition) is 3. The molecule has 2 aromatic rings. The predicted molar refractivity (Wildman–Crippen MR) is 58.1 cm³/mol. The molecule has 15 heavy (non-hydrogen) atoms. The maximum atomic E-state index is 11.5. The standard InChI is InChI=1S/C12H12O3/c1-2-3-8-6-9-7-10(13)4-5-11(9)15-12(8)14/h4-7,13H,2-3H2,1H3. The van der Waals surface area contributed by atoms with Crippen molar-refractivity contribution in [2.45, 2.75) is 19.8 Å². The average molecular weight is 204 g/mol. The number of benzene rings is 1. The summed E-state index contributed by atoms with van der Waals surface area (Å²) in [6.45, 7) is 2.01. The highest BCUT2D eigenvalue weighted by molar-refractivity contribution is 5.78. The van der Waals surface area contributed by atoms with Crippen molar-refractivity contribution in [2.75, 3.05) is 0 Å². The molecule has 1 N–H and O–H groups in total. The fraction of sp³-hybridized carbons (Fsp3) is 0.250. The Kier molecular flexibility index (Phi) is 2.46. The van der Waals surface area contributed by atoms with Gasteiger partial charge in [0.05, 0.1) is 0 Å². The van der Waals surface area contributed by atoms with Gasteiger partial charge in [-0.1, -0.05) is 13.3 Å². The number of fused-ring (bicyclic) bond motifs is 1. The number of phenols is 1. The van der Waals surface area contributed by atoms with E-state index in [-0.39, 0.29) is 11.4 Å². The zero-order valence-corrected chi connectivity index (χ0v) is 8.49. The molecule has 0 radical (unpaired) electrons. The van der Waals surface area contributed by atoms with Gasteiger partial charge in [-0.15, -0.1) is 0 Å². The van der Waals surface area contributed by atoms with Crippen LogP contribution in [-0.4, -0.2) is 5.11 Å². The van der Waals surface area contributed by atoms with Crippen molar-refractivity contribution in [3.8, 4) is 5.75 Å². The van der Waals surface area contributed by atoms with Crippen LogP contribution in [0.25, 0.3) is 11.0 Å². The summed E-state index contributed by atoms with van der Waals surface area (Å²) < 4.78 is 5.13. The molecule has 0 aliphatic heterocycles. The van der Waals surface area contributed by atoms with E-state index in [0.29, 0.717) is 17.6 Å².